The summed E-state index contributed by atoms with van der Waals surface area (Å²) >= 11 is 6.13. The van der Waals surface area contributed by atoms with Gasteiger partial charge in [0.1, 0.15) is 22.9 Å². The number of rotatable bonds is 8. The average molecular weight is 468 g/mol. The van der Waals surface area contributed by atoms with Crippen molar-refractivity contribution < 1.29 is 14.7 Å². The molecule has 0 saturated carbocycles. The molecule has 0 fully saturated rings. The molecule has 3 rings (SSSR count). The Balaban J connectivity index is 1.64. The molecule has 9 heteroatoms. The van der Waals surface area contributed by atoms with Crippen molar-refractivity contribution in [1.29, 1.82) is 0 Å². The third-order valence-corrected chi connectivity index (χ3v) is 5.85. The first-order valence-corrected chi connectivity index (χ1v) is 11.0. The number of fused-ring (bicyclic) bond motifs is 1. The van der Waals surface area contributed by atoms with Gasteiger partial charge in [0.05, 0.1) is 17.5 Å². The normalized spacial score (nSPS) is 11.6. The summed E-state index contributed by atoms with van der Waals surface area (Å²) in [6, 6.07) is 6.32. The van der Waals surface area contributed by atoms with Crippen LogP contribution < -0.4 is 5.73 Å². The third kappa shape index (κ3) is 6.02. The van der Waals surface area contributed by atoms with Gasteiger partial charge in [0.15, 0.2) is 0 Å². The standard InChI is InChI=1S/C24H26ClN5O3/c1-3-17(8-11-29-12-9-19-22(25)27-15-28-24(19)29)14-30(16(2)31)10-4-5-18-6-7-21(32)20(13-18)23(26)33/h6-7,9,12-13,15,17,32H,3,8,10-11,14H2,1-2H3,(H2,26,33). The van der Waals surface area contributed by atoms with E-state index in [1.807, 2.05) is 16.8 Å². The summed E-state index contributed by atoms with van der Waals surface area (Å²) in [5.74, 6) is 5.22. The van der Waals surface area contributed by atoms with Crippen LogP contribution in [0.25, 0.3) is 11.0 Å². The maximum Gasteiger partial charge on any atom is 0.252 e. The van der Waals surface area contributed by atoms with Gasteiger partial charge in [-0.2, -0.15) is 0 Å². The van der Waals surface area contributed by atoms with Crippen molar-refractivity contribution >= 4 is 34.4 Å². The molecule has 1 unspecified atom stereocenters. The van der Waals surface area contributed by atoms with Gasteiger partial charge < -0.3 is 20.3 Å². The monoisotopic (exact) mass is 467 g/mol. The quantitative estimate of drug-likeness (QED) is 0.390. The number of nitrogens with two attached hydrogens (primary N) is 1. The Morgan fingerprint density at radius 1 is 1.30 bits per heavy atom. The number of carbonyl (C=O) groups is 2. The summed E-state index contributed by atoms with van der Waals surface area (Å²) in [7, 11) is 0. The highest BCUT2D eigenvalue weighted by Crippen LogP contribution is 2.22. The number of aromatic hydroxyl groups is 1. The topological polar surface area (TPSA) is 114 Å². The Morgan fingerprint density at radius 3 is 2.79 bits per heavy atom. The Bertz CT molecular complexity index is 1230. The molecule has 0 aliphatic carbocycles. The number of phenols is 1. The molecule has 2 amide bonds. The van der Waals surface area contributed by atoms with Crippen molar-refractivity contribution in [3.63, 3.8) is 0 Å². The Morgan fingerprint density at radius 2 is 2.09 bits per heavy atom. The molecule has 2 heterocycles. The number of nitrogens with zero attached hydrogens (tertiary/aromatic N) is 4. The van der Waals surface area contributed by atoms with Gasteiger partial charge in [-0.15, -0.1) is 0 Å². The van der Waals surface area contributed by atoms with E-state index in [0.29, 0.717) is 17.3 Å². The van der Waals surface area contributed by atoms with Crippen molar-refractivity contribution in [3.8, 4) is 17.6 Å². The Hall–Kier alpha value is -3.57. The van der Waals surface area contributed by atoms with E-state index in [9.17, 15) is 14.7 Å². The van der Waals surface area contributed by atoms with Crippen LogP contribution in [-0.2, 0) is 11.3 Å². The number of halogens is 1. The van der Waals surface area contributed by atoms with E-state index in [1.165, 1.54) is 25.4 Å². The van der Waals surface area contributed by atoms with Crippen molar-refractivity contribution in [2.75, 3.05) is 13.1 Å². The predicted octanol–water partition coefficient (Wildman–Crippen LogP) is 3.21. The smallest absolute Gasteiger partial charge is 0.252 e. The van der Waals surface area contributed by atoms with E-state index in [4.69, 9.17) is 17.3 Å². The fourth-order valence-corrected chi connectivity index (χ4v) is 3.75. The molecular formula is C24H26ClN5O3. The summed E-state index contributed by atoms with van der Waals surface area (Å²) in [4.78, 5) is 33.6. The zero-order chi connectivity index (χ0) is 24.0. The summed E-state index contributed by atoms with van der Waals surface area (Å²) in [5.41, 5.74) is 6.60. The lowest BCUT2D eigenvalue weighted by Gasteiger charge is -2.24. The summed E-state index contributed by atoms with van der Waals surface area (Å²) in [5, 5.41) is 10.9. The van der Waals surface area contributed by atoms with Gasteiger partial charge in [0, 0.05) is 31.8 Å². The maximum absolute atomic E-state index is 12.2. The lowest BCUT2D eigenvalue weighted by molar-refractivity contribution is -0.128. The largest absolute Gasteiger partial charge is 0.507 e. The second kappa shape index (κ2) is 10.8. The second-order valence-corrected chi connectivity index (χ2v) is 8.13. The summed E-state index contributed by atoms with van der Waals surface area (Å²) < 4.78 is 2.05. The van der Waals surface area contributed by atoms with Gasteiger partial charge in [0.25, 0.3) is 5.91 Å². The van der Waals surface area contributed by atoms with Gasteiger partial charge in [-0.3, -0.25) is 9.59 Å². The molecule has 8 nitrogen and oxygen atoms in total. The molecule has 0 aliphatic heterocycles. The Kier molecular flexibility index (Phi) is 7.91. The molecule has 0 spiro atoms. The van der Waals surface area contributed by atoms with E-state index in [0.717, 1.165) is 30.4 Å². The zero-order valence-electron chi connectivity index (χ0n) is 18.6. The number of hydrogen-bond donors (Lipinski definition) is 2. The molecule has 0 aliphatic rings. The minimum absolute atomic E-state index is 0.0142. The molecule has 0 saturated heterocycles. The number of aryl methyl sites for hydroxylation is 1. The van der Waals surface area contributed by atoms with Crippen LogP contribution >= 0.6 is 11.6 Å². The fraction of sp³-hybridized carbons (Fsp3) is 0.333. The summed E-state index contributed by atoms with van der Waals surface area (Å²) in [6.45, 7) is 5.21. The molecule has 172 valence electrons. The molecule has 3 aromatic rings. The van der Waals surface area contributed by atoms with Crippen molar-refractivity contribution in [3.05, 3.63) is 53.1 Å². The molecule has 33 heavy (non-hydrogen) atoms. The van der Waals surface area contributed by atoms with Gasteiger partial charge in [0.2, 0.25) is 5.91 Å². The van der Waals surface area contributed by atoms with Crippen molar-refractivity contribution in [1.82, 2.24) is 19.4 Å². The molecular weight excluding hydrogens is 442 g/mol. The SMILES string of the molecule is CCC(CCn1ccc2c(Cl)ncnc21)CN(CC#Cc1ccc(O)c(C(N)=O)c1)C(C)=O. The van der Waals surface area contributed by atoms with E-state index in [-0.39, 0.29) is 29.7 Å². The highest BCUT2D eigenvalue weighted by Gasteiger charge is 2.16. The fourth-order valence-electron chi connectivity index (χ4n) is 3.56. The lowest BCUT2D eigenvalue weighted by atomic mass is 10.0. The molecule has 0 radical (unpaired) electrons. The van der Waals surface area contributed by atoms with Crippen molar-refractivity contribution in [2.24, 2.45) is 11.7 Å². The van der Waals surface area contributed by atoms with Crippen LogP contribution in [0.15, 0.2) is 36.8 Å². The average Bonchev–Trinajstić information content (AvgIpc) is 3.20. The van der Waals surface area contributed by atoms with Crippen LogP contribution in [0.2, 0.25) is 5.15 Å². The number of carbonyl (C=O) groups excluding carboxylic acids is 2. The number of primary amides is 1. The number of benzene rings is 1. The van der Waals surface area contributed by atoms with Gasteiger partial charge in [-0.25, -0.2) is 9.97 Å². The first-order valence-electron chi connectivity index (χ1n) is 10.6. The van der Waals surface area contributed by atoms with Gasteiger partial charge in [-0.1, -0.05) is 36.8 Å². The first kappa shape index (κ1) is 24.1. The molecule has 0 bridgehead atoms. The number of hydrogen-bond acceptors (Lipinski definition) is 5. The zero-order valence-corrected chi connectivity index (χ0v) is 19.3. The van der Waals surface area contributed by atoms with Crippen LogP contribution in [0.5, 0.6) is 5.75 Å². The highest BCUT2D eigenvalue weighted by molar-refractivity contribution is 6.33. The van der Waals surface area contributed by atoms with Crippen LogP contribution in [0.1, 0.15) is 42.6 Å². The third-order valence-electron chi connectivity index (χ3n) is 5.55. The van der Waals surface area contributed by atoms with Gasteiger partial charge >= 0.3 is 0 Å². The molecule has 2 aromatic heterocycles. The molecule has 1 aromatic carbocycles. The second-order valence-electron chi connectivity index (χ2n) is 7.77. The molecule has 1 atom stereocenters. The lowest BCUT2D eigenvalue weighted by Crippen LogP contribution is -2.34. The maximum atomic E-state index is 12.2. The van der Waals surface area contributed by atoms with Crippen LogP contribution in [0.4, 0.5) is 0 Å². The van der Waals surface area contributed by atoms with E-state index < -0.39 is 5.91 Å². The van der Waals surface area contributed by atoms with Crippen LogP contribution in [0.3, 0.4) is 0 Å². The summed E-state index contributed by atoms with van der Waals surface area (Å²) in [6.07, 6.45) is 5.17. The number of amides is 2. The van der Waals surface area contributed by atoms with E-state index in [1.54, 1.807) is 11.0 Å². The van der Waals surface area contributed by atoms with Crippen LogP contribution in [0, 0.1) is 17.8 Å². The molecule has 3 N–H and O–H groups in total. The van der Waals surface area contributed by atoms with E-state index >= 15 is 0 Å². The predicted molar refractivity (Wildman–Crippen MR) is 127 cm³/mol. The highest BCUT2D eigenvalue weighted by atomic mass is 35.5. The van der Waals surface area contributed by atoms with Crippen LogP contribution in [-0.4, -0.2) is 49.4 Å². The minimum atomic E-state index is -0.725. The first-order chi connectivity index (χ1) is 15.8. The number of aromatic nitrogens is 3. The van der Waals surface area contributed by atoms with Gasteiger partial charge in [-0.05, 0) is 36.6 Å². The minimum Gasteiger partial charge on any atom is -0.507 e. The van der Waals surface area contributed by atoms with Crippen molar-refractivity contribution in [2.45, 2.75) is 33.2 Å². The Labute approximate surface area is 197 Å². The van der Waals surface area contributed by atoms with E-state index in [2.05, 4.69) is 28.7 Å².